The van der Waals surface area contributed by atoms with Gasteiger partial charge in [0.1, 0.15) is 5.75 Å². The second-order valence-corrected chi connectivity index (χ2v) is 5.65. The highest BCUT2D eigenvalue weighted by atomic mass is 16.5. The highest BCUT2D eigenvalue weighted by Crippen LogP contribution is 2.36. The van der Waals surface area contributed by atoms with Gasteiger partial charge in [-0.3, -0.25) is 4.79 Å². The molecule has 2 unspecified atom stereocenters. The van der Waals surface area contributed by atoms with Crippen LogP contribution in [0.25, 0.3) is 0 Å². The van der Waals surface area contributed by atoms with Gasteiger partial charge >= 0.3 is 0 Å². The molecule has 0 radical (unpaired) electrons. The summed E-state index contributed by atoms with van der Waals surface area (Å²) in [6, 6.07) is 5.61. The first-order valence-corrected chi connectivity index (χ1v) is 7.98. The van der Waals surface area contributed by atoms with Crippen LogP contribution in [-0.4, -0.2) is 32.3 Å². The monoisotopic (exact) mass is 306 g/mol. The molecule has 1 aliphatic heterocycles. The van der Waals surface area contributed by atoms with Gasteiger partial charge in [-0.2, -0.15) is 0 Å². The van der Waals surface area contributed by atoms with Gasteiger partial charge in [-0.1, -0.05) is 26.3 Å². The van der Waals surface area contributed by atoms with Crippen LogP contribution in [0.4, 0.5) is 5.69 Å². The third-order valence-corrected chi connectivity index (χ3v) is 3.96. The van der Waals surface area contributed by atoms with Crippen molar-refractivity contribution in [1.82, 2.24) is 0 Å². The zero-order valence-electron chi connectivity index (χ0n) is 13.7. The average Bonchev–Trinajstić information content (AvgIpc) is 2.53. The van der Waals surface area contributed by atoms with E-state index >= 15 is 0 Å². The van der Waals surface area contributed by atoms with E-state index in [1.165, 1.54) is 0 Å². The summed E-state index contributed by atoms with van der Waals surface area (Å²) in [6.45, 7) is 5.24. The Hall–Kier alpha value is -1.59. The number of unbranched alkanes of at least 4 members (excludes halogenated alkanes) is 1. The summed E-state index contributed by atoms with van der Waals surface area (Å²) in [7, 11) is 1.63. The number of methoxy groups -OCH3 is 1. The van der Waals surface area contributed by atoms with E-state index in [9.17, 15) is 4.79 Å². The van der Waals surface area contributed by atoms with Gasteiger partial charge in [0.15, 0.2) is 6.10 Å². The van der Waals surface area contributed by atoms with Crippen molar-refractivity contribution in [2.24, 2.45) is 5.73 Å². The lowest BCUT2D eigenvalue weighted by Crippen LogP contribution is -2.46. The van der Waals surface area contributed by atoms with Crippen molar-refractivity contribution in [1.29, 1.82) is 0 Å². The number of fused-ring (bicyclic) bond motifs is 1. The van der Waals surface area contributed by atoms with Gasteiger partial charge in [0.05, 0.1) is 18.3 Å². The molecule has 0 saturated carbocycles. The number of nitrogens with zero attached hydrogens (tertiary/aromatic N) is 1. The predicted octanol–water partition coefficient (Wildman–Crippen LogP) is 2.64. The molecule has 2 N–H and O–H groups in total. The molecule has 1 aromatic carbocycles. The molecule has 0 aliphatic carbocycles. The third-order valence-electron chi connectivity index (χ3n) is 3.96. The molecule has 0 saturated heterocycles. The maximum absolute atomic E-state index is 12.6. The smallest absolute Gasteiger partial charge is 0.268 e. The van der Waals surface area contributed by atoms with Crippen molar-refractivity contribution in [3.63, 3.8) is 0 Å². The normalized spacial score (nSPS) is 18.8. The Labute approximate surface area is 132 Å². The molecule has 5 nitrogen and oxygen atoms in total. The van der Waals surface area contributed by atoms with Gasteiger partial charge in [-0.05, 0) is 30.5 Å². The fraction of sp³-hybridized carbons (Fsp3) is 0.588. The van der Waals surface area contributed by atoms with Crippen LogP contribution >= 0.6 is 0 Å². The Morgan fingerprint density at radius 1 is 1.41 bits per heavy atom. The zero-order chi connectivity index (χ0) is 16.1. The van der Waals surface area contributed by atoms with E-state index in [0.29, 0.717) is 19.6 Å². The molecule has 0 bridgehead atoms. The first-order chi connectivity index (χ1) is 10.6. The van der Waals surface area contributed by atoms with Gasteiger partial charge in [0, 0.05) is 13.7 Å². The van der Waals surface area contributed by atoms with Crippen molar-refractivity contribution in [3.8, 4) is 5.75 Å². The molecular formula is C17H26N2O3. The maximum atomic E-state index is 12.6. The van der Waals surface area contributed by atoms with Crippen LogP contribution in [-0.2, 0) is 9.53 Å². The molecule has 2 rings (SSSR count). The standard InChI is InChI=1S/C17H26N2O3/c1-4-6-9-19-14-10-12(13(18)11-21-3)7-8-16(14)22-15(5-2)17(19)20/h7-8,10,13,15H,4-6,9,11,18H2,1-3H3. The summed E-state index contributed by atoms with van der Waals surface area (Å²) >= 11 is 0. The van der Waals surface area contributed by atoms with Crippen LogP contribution in [0.1, 0.15) is 44.7 Å². The van der Waals surface area contributed by atoms with Crippen molar-refractivity contribution in [2.75, 3.05) is 25.2 Å². The number of ether oxygens (including phenoxy) is 2. The first-order valence-electron chi connectivity index (χ1n) is 7.98. The van der Waals surface area contributed by atoms with Crippen molar-refractivity contribution >= 4 is 11.6 Å². The molecule has 1 amide bonds. The summed E-state index contributed by atoms with van der Waals surface area (Å²) in [5.74, 6) is 0.803. The first kappa shape index (κ1) is 16.8. The largest absolute Gasteiger partial charge is 0.478 e. The van der Waals surface area contributed by atoms with Crippen LogP contribution in [0.15, 0.2) is 18.2 Å². The van der Waals surface area contributed by atoms with Crippen LogP contribution in [0, 0.1) is 0 Å². The van der Waals surface area contributed by atoms with E-state index in [2.05, 4.69) is 6.92 Å². The minimum atomic E-state index is -0.386. The van der Waals surface area contributed by atoms with Crippen LogP contribution in [0.5, 0.6) is 5.75 Å². The third kappa shape index (κ3) is 3.42. The van der Waals surface area contributed by atoms with Gasteiger partial charge in [-0.15, -0.1) is 0 Å². The quantitative estimate of drug-likeness (QED) is 0.841. The Bertz CT molecular complexity index is 519. The van der Waals surface area contributed by atoms with E-state index in [4.69, 9.17) is 15.2 Å². The van der Waals surface area contributed by atoms with Crippen molar-refractivity contribution in [2.45, 2.75) is 45.3 Å². The van der Waals surface area contributed by atoms with Crippen LogP contribution in [0.3, 0.4) is 0 Å². The van der Waals surface area contributed by atoms with Gasteiger partial charge < -0.3 is 20.1 Å². The van der Waals surface area contributed by atoms with E-state index in [1.54, 1.807) is 7.11 Å². The molecule has 0 aromatic heterocycles. The highest BCUT2D eigenvalue weighted by Gasteiger charge is 2.33. The lowest BCUT2D eigenvalue weighted by Gasteiger charge is -2.34. The Morgan fingerprint density at radius 2 is 2.18 bits per heavy atom. The van der Waals surface area contributed by atoms with E-state index in [0.717, 1.165) is 29.8 Å². The van der Waals surface area contributed by atoms with Crippen molar-refractivity contribution in [3.05, 3.63) is 23.8 Å². The average molecular weight is 306 g/mol. The number of rotatable bonds is 7. The number of hydrogen-bond donors (Lipinski definition) is 1. The second kappa shape index (κ2) is 7.61. The number of anilines is 1. The predicted molar refractivity (Wildman–Crippen MR) is 87.2 cm³/mol. The molecule has 22 heavy (non-hydrogen) atoms. The number of carbonyl (C=O) groups is 1. The molecule has 2 atom stereocenters. The summed E-state index contributed by atoms with van der Waals surface area (Å²) in [5, 5.41) is 0. The molecule has 5 heteroatoms. The number of benzene rings is 1. The summed E-state index contributed by atoms with van der Waals surface area (Å²) in [6.07, 6.45) is 2.30. The summed E-state index contributed by atoms with van der Waals surface area (Å²) in [5.41, 5.74) is 7.88. The molecular weight excluding hydrogens is 280 g/mol. The summed E-state index contributed by atoms with van der Waals surface area (Å²) in [4.78, 5) is 14.4. The minimum Gasteiger partial charge on any atom is -0.478 e. The summed E-state index contributed by atoms with van der Waals surface area (Å²) < 4.78 is 10.9. The molecule has 122 valence electrons. The fourth-order valence-corrected chi connectivity index (χ4v) is 2.65. The zero-order valence-corrected chi connectivity index (χ0v) is 13.7. The van der Waals surface area contributed by atoms with Crippen LogP contribution in [0.2, 0.25) is 0 Å². The molecule has 0 spiro atoms. The maximum Gasteiger partial charge on any atom is 0.268 e. The lowest BCUT2D eigenvalue weighted by molar-refractivity contribution is -0.126. The van der Waals surface area contributed by atoms with Crippen LogP contribution < -0.4 is 15.4 Å². The van der Waals surface area contributed by atoms with Gasteiger partial charge in [-0.25, -0.2) is 0 Å². The van der Waals surface area contributed by atoms with Crippen molar-refractivity contribution < 1.29 is 14.3 Å². The molecule has 1 aromatic rings. The Balaban J connectivity index is 2.34. The van der Waals surface area contributed by atoms with E-state index < -0.39 is 0 Å². The van der Waals surface area contributed by atoms with E-state index in [-0.39, 0.29) is 18.1 Å². The number of nitrogens with two attached hydrogens (primary N) is 1. The topological polar surface area (TPSA) is 64.8 Å². The Kier molecular flexibility index (Phi) is 5.80. The molecule has 0 fully saturated rings. The number of carbonyl (C=O) groups excluding carboxylic acids is 1. The SMILES string of the molecule is CCCCN1C(=O)C(CC)Oc2ccc(C(N)COC)cc21. The number of hydrogen-bond acceptors (Lipinski definition) is 4. The fourth-order valence-electron chi connectivity index (χ4n) is 2.65. The van der Waals surface area contributed by atoms with Gasteiger partial charge in [0.25, 0.3) is 5.91 Å². The highest BCUT2D eigenvalue weighted by molar-refractivity contribution is 6.00. The minimum absolute atomic E-state index is 0.0425. The lowest BCUT2D eigenvalue weighted by atomic mass is 10.0. The molecule has 1 aliphatic rings. The Morgan fingerprint density at radius 3 is 2.82 bits per heavy atom. The van der Waals surface area contributed by atoms with E-state index in [1.807, 2.05) is 30.0 Å². The number of amides is 1. The molecule has 1 heterocycles. The van der Waals surface area contributed by atoms with Gasteiger partial charge in [0.2, 0.25) is 0 Å². The second-order valence-electron chi connectivity index (χ2n) is 5.65.